The second-order valence-corrected chi connectivity index (χ2v) is 5.81. The number of carbonyl (C=O) groups is 1. The van der Waals surface area contributed by atoms with E-state index in [4.69, 9.17) is 9.84 Å². The Labute approximate surface area is 112 Å². The summed E-state index contributed by atoms with van der Waals surface area (Å²) in [5.74, 6) is -0.326. The molecule has 1 fully saturated rings. The van der Waals surface area contributed by atoms with Gasteiger partial charge >= 0.3 is 0 Å². The molecule has 0 aromatic rings. The Morgan fingerprint density at radius 1 is 1.11 bits per heavy atom. The average Bonchev–Trinajstić information content (AvgIpc) is 2.34. The fourth-order valence-corrected chi connectivity index (χ4v) is 1.90. The number of aliphatic hydroxyl groups is 4. The number of hydrogen-bond donors (Lipinski definition) is 5. The predicted molar refractivity (Wildman–Crippen MR) is 66.2 cm³/mol. The summed E-state index contributed by atoms with van der Waals surface area (Å²) in [5, 5.41) is 40.6. The number of ether oxygens (including phenoxy) is 1. The van der Waals surface area contributed by atoms with Crippen molar-refractivity contribution in [1.29, 1.82) is 0 Å². The van der Waals surface area contributed by atoms with Crippen LogP contribution in [0.4, 0.5) is 0 Å². The number of nitrogens with one attached hydrogen (secondary N) is 1. The van der Waals surface area contributed by atoms with Gasteiger partial charge in [-0.05, 0) is 0 Å². The molecule has 19 heavy (non-hydrogen) atoms. The molecule has 0 saturated carbocycles. The normalized spacial score (nSPS) is 36.1. The first kappa shape index (κ1) is 16.3. The summed E-state index contributed by atoms with van der Waals surface area (Å²) in [6, 6.07) is -0.922. The van der Waals surface area contributed by atoms with Gasteiger partial charge in [0.15, 0.2) is 0 Å². The molecule has 0 aromatic heterocycles. The second kappa shape index (κ2) is 6.15. The Bertz CT molecular complexity index is 314. The lowest BCUT2D eigenvalue weighted by Gasteiger charge is -2.42. The minimum absolute atomic E-state index is 0.326. The molecule has 112 valence electrons. The quantitative estimate of drug-likeness (QED) is 0.407. The van der Waals surface area contributed by atoms with Crippen LogP contribution in [0.3, 0.4) is 0 Å². The van der Waals surface area contributed by atoms with Crippen molar-refractivity contribution in [1.82, 2.24) is 5.32 Å². The van der Waals surface area contributed by atoms with E-state index in [9.17, 15) is 20.1 Å². The monoisotopic (exact) mass is 277 g/mol. The van der Waals surface area contributed by atoms with E-state index in [1.807, 2.05) is 0 Å². The lowest BCUT2D eigenvalue weighted by molar-refractivity contribution is -0.203. The standard InChI is InChI=1S/C12H23NO6/c1-12(2,3)11(18)13-8-6(4-14)19-7(5-15)9(16)10(8)17/h6-10,14-17H,4-5H2,1-3H3,(H,13,18). The third-order valence-electron chi connectivity index (χ3n) is 3.19. The molecule has 0 radical (unpaired) electrons. The molecular weight excluding hydrogens is 254 g/mol. The van der Waals surface area contributed by atoms with Gasteiger partial charge in [-0.1, -0.05) is 20.8 Å². The van der Waals surface area contributed by atoms with Crippen LogP contribution in [0, 0.1) is 5.41 Å². The molecule has 7 heteroatoms. The van der Waals surface area contributed by atoms with Crippen molar-refractivity contribution in [3.8, 4) is 0 Å². The molecule has 1 aliphatic rings. The maximum absolute atomic E-state index is 11.9. The Hall–Kier alpha value is -0.730. The van der Waals surface area contributed by atoms with Gasteiger partial charge in [0.25, 0.3) is 0 Å². The van der Waals surface area contributed by atoms with Crippen molar-refractivity contribution >= 4 is 5.91 Å². The van der Waals surface area contributed by atoms with E-state index in [-0.39, 0.29) is 5.91 Å². The third kappa shape index (κ3) is 3.64. The van der Waals surface area contributed by atoms with Gasteiger partial charge in [0, 0.05) is 5.41 Å². The van der Waals surface area contributed by atoms with Crippen LogP contribution < -0.4 is 5.32 Å². The molecule has 1 amide bonds. The minimum Gasteiger partial charge on any atom is -0.394 e. The highest BCUT2D eigenvalue weighted by atomic mass is 16.5. The van der Waals surface area contributed by atoms with Crippen molar-refractivity contribution in [2.24, 2.45) is 5.41 Å². The summed E-state index contributed by atoms with van der Waals surface area (Å²) in [4.78, 5) is 11.9. The fraction of sp³-hybridized carbons (Fsp3) is 0.917. The Balaban J connectivity index is 2.82. The third-order valence-corrected chi connectivity index (χ3v) is 3.19. The molecule has 7 nitrogen and oxygen atoms in total. The molecular formula is C12H23NO6. The smallest absolute Gasteiger partial charge is 0.225 e. The SMILES string of the molecule is CC(C)(C)C(=O)NC1C(CO)OC(CO)C(O)C1O. The Morgan fingerprint density at radius 2 is 1.63 bits per heavy atom. The summed E-state index contributed by atoms with van der Waals surface area (Å²) < 4.78 is 5.27. The van der Waals surface area contributed by atoms with Gasteiger partial charge in [0.05, 0.1) is 19.3 Å². The molecule has 0 aliphatic carbocycles. The van der Waals surface area contributed by atoms with E-state index in [1.54, 1.807) is 20.8 Å². The lowest BCUT2D eigenvalue weighted by atomic mass is 9.90. The molecule has 1 heterocycles. The summed E-state index contributed by atoms with van der Waals surface area (Å²) in [7, 11) is 0. The van der Waals surface area contributed by atoms with Crippen LogP contribution >= 0.6 is 0 Å². The summed E-state index contributed by atoms with van der Waals surface area (Å²) in [5.41, 5.74) is -0.668. The van der Waals surface area contributed by atoms with Crippen LogP contribution in [0.25, 0.3) is 0 Å². The molecule has 5 N–H and O–H groups in total. The van der Waals surface area contributed by atoms with E-state index in [0.717, 1.165) is 0 Å². The second-order valence-electron chi connectivity index (χ2n) is 5.81. The van der Waals surface area contributed by atoms with Crippen LogP contribution in [0.1, 0.15) is 20.8 Å². The number of rotatable bonds is 3. The van der Waals surface area contributed by atoms with E-state index in [0.29, 0.717) is 0 Å². The van der Waals surface area contributed by atoms with Gasteiger partial charge in [-0.2, -0.15) is 0 Å². The lowest BCUT2D eigenvalue weighted by Crippen LogP contribution is -2.65. The minimum atomic E-state index is -1.32. The predicted octanol–water partition coefficient (Wildman–Crippen LogP) is -2.01. The van der Waals surface area contributed by atoms with E-state index < -0.39 is 49.1 Å². The van der Waals surface area contributed by atoms with Gasteiger partial charge in [-0.25, -0.2) is 0 Å². The summed E-state index contributed by atoms with van der Waals surface area (Å²) in [6.07, 6.45) is -4.48. The summed E-state index contributed by atoms with van der Waals surface area (Å²) in [6.45, 7) is 4.21. The first-order chi connectivity index (χ1) is 8.72. The number of aliphatic hydroxyl groups excluding tert-OH is 4. The van der Waals surface area contributed by atoms with E-state index in [1.165, 1.54) is 0 Å². The molecule has 1 aliphatic heterocycles. The largest absolute Gasteiger partial charge is 0.394 e. The maximum Gasteiger partial charge on any atom is 0.225 e. The average molecular weight is 277 g/mol. The van der Waals surface area contributed by atoms with Gasteiger partial charge in [0.2, 0.25) is 5.91 Å². The van der Waals surface area contributed by atoms with Crippen LogP contribution in [-0.4, -0.2) is 70.0 Å². The van der Waals surface area contributed by atoms with Crippen molar-refractivity contribution in [3.63, 3.8) is 0 Å². The molecule has 0 bridgehead atoms. The number of amides is 1. The number of carbonyl (C=O) groups excluding carboxylic acids is 1. The van der Waals surface area contributed by atoms with Crippen LogP contribution in [-0.2, 0) is 9.53 Å². The summed E-state index contributed by atoms with van der Waals surface area (Å²) >= 11 is 0. The highest BCUT2D eigenvalue weighted by molar-refractivity contribution is 5.81. The Kier molecular flexibility index (Phi) is 5.28. The van der Waals surface area contributed by atoms with Crippen molar-refractivity contribution in [3.05, 3.63) is 0 Å². The highest BCUT2D eigenvalue weighted by Gasteiger charge is 2.45. The first-order valence-electron chi connectivity index (χ1n) is 6.26. The van der Waals surface area contributed by atoms with Crippen LogP contribution in [0.5, 0.6) is 0 Å². The van der Waals surface area contributed by atoms with Crippen molar-refractivity contribution < 1.29 is 30.0 Å². The van der Waals surface area contributed by atoms with Crippen LogP contribution in [0.15, 0.2) is 0 Å². The van der Waals surface area contributed by atoms with Crippen molar-refractivity contribution in [2.75, 3.05) is 13.2 Å². The zero-order valence-electron chi connectivity index (χ0n) is 11.4. The van der Waals surface area contributed by atoms with Gasteiger partial charge in [-0.3, -0.25) is 4.79 Å². The zero-order chi connectivity index (χ0) is 14.8. The number of hydrogen-bond acceptors (Lipinski definition) is 6. The van der Waals surface area contributed by atoms with E-state index in [2.05, 4.69) is 5.32 Å². The zero-order valence-corrected chi connectivity index (χ0v) is 11.4. The molecule has 5 unspecified atom stereocenters. The Morgan fingerprint density at radius 3 is 2.05 bits per heavy atom. The van der Waals surface area contributed by atoms with Gasteiger partial charge < -0.3 is 30.5 Å². The molecule has 1 rings (SSSR count). The van der Waals surface area contributed by atoms with Gasteiger partial charge in [-0.15, -0.1) is 0 Å². The fourth-order valence-electron chi connectivity index (χ4n) is 1.90. The molecule has 1 saturated heterocycles. The topological polar surface area (TPSA) is 119 Å². The maximum atomic E-state index is 11.9. The van der Waals surface area contributed by atoms with E-state index >= 15 is 0 Å². The molecule has 5 atom stereocenters. The van der Waals surface area contributed by atoms with Gasteiger partial charge in [0.1, 0.15) is 24.4 Å². The first-order valence-corrected chi connectivity index (χ1v) is 6.26. The van der Waals surface area contributed by atoms with Crippen LogP contribution in [0.2, 0.25) is 0 Å². The highest BCUT2D eigenvalue weighted by Crippen LogP contribution is 2.22. The van der Waals surface area contributed by atoms with Crippen molar-refractivity contribution in [2.45, 2.75) is 51.2 Å². The molecule has 0 aromatic carbocycles. The molecule has 0 spiro atoms.